The predicted molar refractivity (Wildman–Crippen MR) is 47.9 cm³/mol. The van der Waals surface area contributed by atoms with Crippen LogP contribution in [0.4, 0.5) is 0 Å². The number of aromatic nitrogens is 3. The average Bonchev–Trinajstić information content (AvgIpc) is 2.53. The third kappa shape index (κ3) is 1.21. The molecule has 0 saturated carbocycles. The van der Waals surface area contributed by atoms with Crippen molar-refractivity contribution in [3.8, 4) is 10.4 Å². The molecule has 0 atom stereocenters. The molecule has 2 aromatic heterocycles. The summed E-state index contributed by atoms with van der Waals surface area (Å²) in [5.74, 6) is 0. The number of hydrogen-bond donors (Lipinski definition) is 0. The van der Waals surface area contributed by atoms with Gasteiger partial charge < -0.3 is 0 Å². The molecule has 12 heavy (non-hydrogen) atoms. The molecule has 2 heterocycles. The van der Waals surface area contributed by atoms with Gasteiger partial charge in [0.15, 0.2) is 0 Å². The fourth-order valence-corrected chi connectivity index (χ4v) is 1.93. The minimum absolute atomic E-state index is 1.04. The standard InChI is InChI=1S/C8H7N3S/c1-6-2-3-12-8(6)7-4-9-11-10-5-7/h2-5H,1H3. The van der Waals surface area contributed by atoms with Crippen LogP contribution < -0.4 is 0 Å². The molecule has 60 valence electrons. The summed E-state index contributed by atoms with van der Waals surface area (Å²) in [6.07, 6.45) is 3.46. The normalized spacial score (nSPS) is 10.1. The molecule has 0 amide bonds. The molecule has 2 aromatic rings. The molecule has 0 aliphatic heterocycles. The van der Waals surface area contributed by atoms with E-state index in [-0.39, 0.29) is 0 Å². The maximum Gasteiger partial charge on any atom is 0.0616 e. The Balaban J connectivity index is 2.51. The minimum atomic E-state index is 1.04. The van der Waals surface area contributed by atoms with Crippen LogP contribution in [0.25, 0.3) is 10.4 Å². The Morgan fingerprint density at radius 1 is 1.25 bits per heavy atom. The van der Waals surface area contributed by atoms with Crippen LogP contribution in [-0.2, 0) is 0 Å². The fraction of sp³-hybridized carbons (Fsp3) is 0.125. The van der Waals surface area contributed by atoms with E-state index in [1.54, 1.807) is 23.7 Å². The van der Waals surface area contributed by atoms with Crippen LogP contribution in [-0.4, -0.2) is 15.4 Å². The first-order chi connectivity index (χ1) is 5.88. The minimum Gasteiger partial charge on any atom is -0.143 e. The number of nitrogens with zero attached hydrogens (tertiary/aromatic N) is 3. The number of aryl methyl sites for hydroxylation is 1. The molecule has 0 radical (unpaired) electrons. The Hall–Kier alpha value is -1.29. The SMILES string of the molecule is Cc1ccsc1-c1cnnnc1. The first kappa shape index (κ1) is 7.36. The number of hydrogen-bond acceptors (Lipinski definition) is 4. The van der Waals surface area contributed by atoms with E-state index in [9.17, 15) is 0 Å². The lowest BCUT2D eigenvalue weighted by Crippen LogP contribution is -1.85. The molecule has 2 rings (SSSR count). The summed E-state index contributed by atoms with van der Waals surface area (Å²) in [6.45, 7) is 2.08. The van der Waals surface area contributed by atoms with E-state index in [2.05, 4.69) is 33.8 Å². The van der Waals surface area contributed by atoms with Crippen molar-refractivity contribution < 1.29 is 0 Å². The maximum atomic E-state index is 3.73. The van der Waals surface area contributed by atoms with Crippen LogP contribution in [0.5, 0.6) is 0 Å². The van der Waals surface area contributed by atoms with Crippen LogP contribution in [0.3, 0.4) is 0 Å². The highest BCUT2D eigenvalue weighted by Gasteiger charge is 2.02. The summed E-state index contributed by atoms with van der Waals surface area (Å²) in [4.78, 5) is 1.22. The zero-order chi connectivity index (χ0) is 8.39. The molecule has 0 unspecified atom stereocenters. The van der Waals surface area contributed by atoms with Crippen molar-refractivity contribution in [2.24, 2.45) is 0 Å². The van der Waals surface area contributed by atoms with Crippen molar-refractivity contribution >= 4 is 11.3 Å². The van der Waals surface area contributed by atoms with Gasteiger partial charge in [-0.05, 0) is 29.1 Å². The van der Waals surface area contributed by atoms with Crippen molar-refractivity contribution in [3.63, 3.8) is 0 Å². The second-order valence-electron chi connectivity index (χ2n) is 2.47. The van der Waals surface area contributed by atoms with E-state index in [1.807, 2.05) is 0 Å². The second kappa shape index (κ2) is 2.98. The molecule has 0 aliphatic rings. The summed E-state index contributed by atoms with van der Waals surface area (Å²) in [7, 11) is 0. The monoisotopic (exact) mass is 177 g/mol. The van der Waals surface area contributed by atoms with Gasteiger partial charge in [-0.15, -0.1) is 21.5 Å². The van der Waals surface area contributed by atoms with Gasteiger partial charge >= 0.3 is 0 Å². The quantitative estimate of drug-likeness (QED) is 0.667. The predicted octanol–water partition coefficient (Wildman–Crippen LogP) is 1.91. The smallest absolute Gasteiger partial charge is 0.0616 e. The van der Waals surface area contributed by atoms with E-state index in [0.717, 1.165) is 5.56 Å². The molecule has 0 aromatic carbocycles. The van der Waals surface area contributed by atoms with Gasteiger partial charge in [0.25, 0.3) is 0 Å². The van der Waals surface area contributed by atoms with Crippen LogP contribution in [0, 0.1) is 6.92 Å². The average molecular weight is 177 g/mol. The third-order valence-electron chi connectivity index (χ3n) is 1.62. The van der Waals surface area contributed by atoms with Crippen molar-refractivity contribution in [2.75, 3.05) is 0 Å². The Morgan fingerprint density at radius 3 is 2.58 bits per heavy atom. The molecule has 0 N–H and O–H groups in total. The highest BCUT2D eigenvalue weighted by Crippen LogP contribution is 2.26. The van der Waals surface area contributed by atoms with Crippen LogP contribution >= 0.6 is 11.3 Å². The molecule has 0 fully saturated rings. The summed E-state index contributed by atoms with van der Waals surface area (Å²) in [5.41, 5.74) is 2.30. The van der Waals surface area contributed by atoms with E-state index >= 15 is 0 Å². The second-order valence-corrected chi connectivity index (χ2v) is 3.38. The lowest BCUT2D eigenvalue weighted by atomic mass is 10.2. The van der Waals surface area contributed by atoms with Gasteiger partial charge in [-0.1, -0.05) is 0 Å². The molecule has 0 spiro atoms. The Kier molecular flexibility index (Phi) is 1.83. The molecule has 4 heteroatoms. The van der Waals surface area contributed by atoms with Gasteiger partial charge in [0.2, 0.25) is 0 Å². The molecule has 0 bridgehead atoms. The Bertz CT molecular complexity index is 369. The van der Waals surface area contributed by atoms with Crippen LogP contribution in [0.1, 0.15) is 5.56 Å². The van der Waals surface area contributed by atoms with Gasteiger partial charge in [-0.25, -0.2) is 0 Å². The molecular formula is C8H7N3S. The highest BCUT2D eigenvalue weighted by atomic mass is 32.1. The third-order valence-corrected chi connectivity index (χ3v) is 2.69. The van der Waals surface area contributed by atoms with Gasteiger partial charge in [-0.3, -0.25) is 0 Å². The van der Waals surface area contributed by atoms with E-state index in [1.165, 1.54) is 10.4 Å². The van der Waals surface area contributed by atoms with Crippen molar-refractivity contribution in [3.05, 3.63) is 29.4 Å². The van der Waals surface area contributed by atoms with E-state index < -0.39 is 0 Å². The topological polar surface area (TPSA) is 38.7 Å². The van der Waals surface area contributed by atoms with Crippen LogP contribution in [0.15, 0.2) is 23.8 Å². The van der Waals surface area contributed by atoms with E-state index in [0.29, 0.717) is 0 Å². The summed E-state index contributed by atoms with van der Waals surface area (Å²) in [5, 5.41) is 13.0. The largest absolute Gasteiger partial charge is 0.143 e. The summed E-state index contributed by atoms with van der Waals surface area (Å²) in [6, 6.07) is 2.08. The zero-order valence-electron chi connectivity index (χ0n) is 6.56. The molecule has 3 nitrogen and oxygen atoms in total. The molecule has 0 aliphatic carbocycles. The van der Waals surface area contributed by atoms with Crippen molar-refractivity contribution in [1.82, 2.24) is 15.4 Å². The first-order valence-corrected chi connectivity index (χ1v) is 4.44. The van der Waals surface area contributed by atoms with Gasteiger partial charge in [-0.2, -0.15) is 0 Å². The Morgan fingerprint density at radius 2 is 2.00 bits per heavy atom. The van der Waals surface area contributed by atoms with Crippen LogP contribution in [0.2, 0.25) is 0 Å². The van der Waals surface area contributed by atoms with Crippen molar-refractivity contribution in [2.45, 2.75) is 6.92 Å². The highest BCUT2D eigenvalue weighted by molar-refractivity contribution is 7.13. The zero-order valence-corrected chi connectivity index (χ0v) is 7.38. The van der Waals surface area contributed by atoms with Gasteiger partial charge in [0, 0.05) is 10.4 Å². The lowest BCUT2D eigenvalue weighted by Gasteiger charge is -1.95. The van der Waals surface area contributed by atoms with Gasteiger partial charge in [0.1, 0.15) is 0 Å². The van der Waals surface area contributed by atoms with Crippen molar-refractivity contribution in [1.29, 1.82) is 0 Å². The summed E-state index contributed by atoms with van der Waals surface area (Å²) < 4.78 is 0. The van der Waals surface area contributed by atoms with E-state index in [4.69, 9.17) is 0 Å². The van der Waals surface area contributed by atoms with Gasteiger partial charge in [0.05, 0.1) is 12.4 Å². The fourth-order valence-electron chi connectivity index (χ4n) is 1.02. The molecule has 0 saturated heterocycles. The summed E-state index contributed by atoms with van der Waals surface area (Å²) >= 11 is 1.69. The first-order valence-electron chi connectivity index (χ1n) is 3.56. The maximum absolute atomic E-state index is 3.73. The Labute approximate surface area is 74.1 Å². The lowest BCUT2D eigenvalue weighted by molar-refractivity contribution is 0.867. The number of thiophene rings is 1. The molecular weight excluding hydrogens is 170 g/mol. The number of rotatable bonds is 1.